The highest BCUT2D eigenvalue weighted by atomic mass is 35.5. The van der Waals surface area contributed by atoms with E-state index >= 15 is 0 Å². The Morgan fingerprint density at radius 3 is 2.88 bits per heavy atom. The largest absolute Gasteiger partial charge is 0.350 e. The van der Waals surface area contributed by atoms with Crippen molar-refractivity contribution in [2.45, 2.75) is 25.7 Å². The molecule has 17 heavy (non-hydrogen) atoms. The average Bonchev–Trinajstić information content (AvgIpc) is 3.15. The Morgan fingerprint density at radius 1 is 1.53 bits per heavy atom. The lowest BCUT2D eigenvalue weighted by atomic mass is 10.0. The van der Waals surface area contributed by atoms with Crippen LogP contribution in [0.5, 0.6) is 0 Å². The topological polar surface area (TPSA) is 42.0 Å². The molecule has 1 N–H and O–H groups in total. The number of carbonyl (C=O) groups is 1. The summed E-state index contributed by atoms with van der Waals surface area (Å²) >= 11 is 5.83. The van der Waals surface area contributed by atoms with E-state index in [0.717, 1.165) is 12.5 Å². The quantitative estimate of drug-likeness (QED) is 0.893. The minimum Gasteiger partial charge on any atom is -0.350 e. The van der Waals surface area contributed by atoms with Crippen LogP contribution < -0.4 is 5.32 Å². The summed E-state index contributed by atoms with van der Waals surface area (Å²) in [7, 11) is 0. The molecule has 0 saturated heterocycles. The fraction of sp³-hybridized carbons (Fsp3) is 0.538. The zero-order valence-electron chi connectivity index (χ0n) is 9.58. The summed E-state index contributed by atoms with van der Waals surface area (Å²) in [5.74, 6) is 0.745. The Labute approximate surface area is 106 Å². The van der Waals surface area contributed by atoms with Crippen LogP contribution in [-0.2, 0) is 0 Å². The van der Waals surface area contributed by atoms with E-state index in [1.54, 1.807) is 18.3 Å². The summed E-state index contributed by atoms with van der Waals surface area (Å²) in [5, 5.41) is 3.54. The molecule has 0 aromatic carbocycles. The Bertz CT molecular complexity index is 452. The smallest absolute Gasteiger partial charge is 0.269 e. The second-order valence-corrected chi connectivity index (χ2v) is 5.62. The molecule has 2 fully saturated rings. The van der Waals surface area contributed by atoms with Crippen molar-refractivity contribution in [1.29, 1.82) is 0 Å². The Hall–Kier alpha value is -1.09. The van der Waals surface area contributed by atoms with Crippen LogP contribution in [0.1, 0.15) is 36.2 Å². The third-order valence-electron chi connectivity index (χ3n) is 3.89. The van der Waals surface area contributed by atoms with Crippen LogP contribution >= 0.6 is 11.6 Å². The van der Waals surface area contributed by atoms with Crippen LogP contribution in [0.3, 0.4) is 0 Å². The maximum Gasteiger partial charge on any atom is 0.269 e. The molecule has 4 heteroatoms. The van der Waals surface area contributed by atoms with E-state index in [1.165, 1.54) is 25.7 Å². The Kier molecular flexibility index (Phi) is 2.58. The molecule has 90 valence electrons. The highest BCUT2D eigenvalue weighted by Gasteiger charge is 2.53. The predicted octanol–water partition coefficient (Wildman–Crippen LogP) is 2.66. The van der Waals surface area contributed by atoms with Gasteiger partial charge in [-0.2, -0.15) is 0 Å². The van der Waals surface area contributed by atoms with Crippen molar-refractivity contribution >= 4 is 17.5 Å². The molecule has 0 unspecified atom stereocenters. The lowest BCUT2D eigenvalue weighted by Gasteiger charge is -2.14. The minimum absolute atomic E-state index is 0.112. The van der Waals surface area contributed by atoms with Gasteiger partial charge >= 0.3 is 0 Å². The third kappa shape index (κ3) is 2.29. The first-order chi connectivity index (χ1) is 8.20. The van der Waals surface area contributed by atoms with Crippen LogP contribution in [0.2, 0.25) is 5.02 Å². The molecular weight excluding hydrogens is 236 g/mol. The fourth-order valence-corrected chi connectivity index (χ4v) is 2.62. The molecular formula is C13H15ClN2O. The zero-order chi connectivity index (χ0) is 11.9. The number of aromatic nitrogens is 1. The lowest BCUT2D eigenvalue weighted by Crippen LogP contribution is -2.31. The van der Waals surface area contributed by atoms with Crippen LogP contribution in [0, 0.1) is 11.3 Å². The van der Waals surface area contributed by atoms with Gasteiger partial charge in [0.2, 0.25) is 0 Å². The van der Waals surface area contributed by atoms with Crippen molar-refractivity contribution in [2.24, 2.45) is 11.3 Å². The number of carbonyl (C=O) groups excluding carboxylic acids is 1. The molecule has 0 atom stereocenters. The van der Waals surface area contributed by atoms with Gasteiger partial charge < -0.3 is 5.32 Å². The molecule has 3 nitrogen and oxygen atoms in total. The predicted molar refractivity (Wildman–Crippen MR) is 66.0 cm³/mol. The minimum atomic E-state index is -0.112. The van der Waals surface area contributed by atoms with Crippen molar-refractivity contribution in [1.82, 2.24) is 10.3 Å². The first kappa shape index (κ1) is 11.0. The van der Waals surface area contributed by atoms with Gasteiger partial charge in [-0.25, -0.2) is 0 Å². The summed E-state index contributed by atoms with van der Waals surface area (Å²) < 4.78 is 0. The van der Waals surface area contributed by atoms with Gasteiger partial charge in [0.05, 0.1) is 0 Å². The van der Waals surface area contributed by atoms with Gasteiger partial charge in [-0.15, -0.1) is 0 Å². The van der Waals surface area contributed by atoms with E-state index < -0.39 is 0 Å². The molecule has 1 heterocycles. The highest BCUT2D eigenvalue weighted by Crippen LogP contribution is 2.60. The van der Waals surface area contributed by atoms with E-state index in [1.807, 2.05) is 0 Å². The number of halogens is 1. The molecule has 2 aliphatic rings. The molecule has 2 aliphatic carbocycles. The average molecular weight is 251 g/mol. The van der Waals surface area contributed by atoms with Crippen LogP contribution in [0.15, 0.2) is 18.3 Å². The van der Waals surface area contributed by atoms with E-state index in [9.17, 15) is 4.79 Å². The molecule has 1 aromatic heterocycles. The van der Waals surface area contributed by atoms with Gasteiger partial charge in [-0.05, 0) is 49.1 Å². The monoisotopic (exact) mass is 250 g/mol. The first-order valence-electron chi connectivity index (χ1n) is 6.09. The summed E-state index contributed by atoms with van der Waals surface area (Å²) in [4.78, 5) is 15.9. The van der Waals surface area contributed by atoms with Gasteiger partial charge in [0.15, 0.2) is 0 Å². The number of nitrogens with zero attached hydrogens (tertiary/aromatic N) is 1. The number of amides is 1. The summed E-state index contributed by atoms with van der Waals surface area (Å²) in [6, 6.07) is 3.28. The Morgan fingerprint density at radius 2 is 2.29 bits per heavy atom. The second kappa shape index (κ2) is 3.98. The fourth-order valence-electron chi connectivity index (χ4n) is 2.46. The lowest BCUT2D eigenvalue weighted by molar-refractivity contribution is 0.0937. The van der Waals surface area contributed by atoms with Crippen LogP contribution in [0.4, 0.5) is 0 Å². The molecule has 0 radical (unpaired) electrons. The number of rotatable bonds is 4. The number of pyridine rings is 1. The summed E-state index contributed by atoms with van der Waals surface area (Å²) in [6.07, 6.45) is 6.77. The summed E-state index contributed by atoms with van der Waals surface area (Å²) in [6.45, 7) is 0.796. The molecule has 1 amide bonds. The zero-order valence-corrected chi connectivity index (χ0v) is 10.3. The van der Waals surface area contributed by atoms with E-state index in [2.05, 4.69) is 10.3 Å². The summed E-state index contributed by atoms with van der Waals surface area (Å²) in [5.41, 5.74) is 0.831. The van der Waals surface area contributed by atoms with Gasteiger partial charge in [0.25, 0.3) is 5.91 Å². The van der Waals surface area contributed by atoms with Gasteiger partial charge in [0, 0.05) is 17.8 Å². The maximum absolute atomic E-state index is 11.9. The number of hydrogen-bond donors (Lipinski definition) is 1. The molecule has 0 bridgehead atoms. The van der Waals surface area contributed by atoms with Crippen molar-refractivity contribution in [3.05, 3.63) is 29.0 Å². The van der Waals surface area contributed by atoms with Gasteiger partial charge in [-0.3, -0.25) is 9.78 Å². The standard InChI is InChI=1S/C13H15ClN2O/c14-10-3-6-15-11(7-10)12(17)16-8-13(4-5-13)9-1-2-9/h3,6-7,9H,1-2,4-5,8H2,(H,16,17). The van der Waals surface area contributed by atoms with Crippen molar-refractivity contribution in [2.75, 3.05) is 6.54 Å². The highest BCUT2D eigenvalue weighted by molar-refractivity contribution is 6.30. The number of hydrogen-bond acceptors (Lipinski definition) is 2. The molecule has 1 aromatic rings. The second-order valence-electron chi connectivity index (χ2n) is 5.18. The van der Waals surface area contributed by atoms with E-state index in [4.69, 9.17) is 11.6 Å². The third-order valence-corrected chi connectivity index (χ3v) is 4.13. The van der Waals surface area contributed by atoms with Gasteiger partial charge in [0.1, 0.15) is 5.69 Å². The van der Waals surface area contributed by atoms with Crippen molar-refractivity contribution < 1.29 is 4.79 Å². The van der Waals surface area contributed by atoms with Crippen molar-refractivity contribution in [3.63, 3.8) is 0 Å². The Balaban J connectivity index is 1.60. The molecule has 2 saturated carbocycles. The first-order valence-corrected chi connectivity index (χ1v) is 6.47. The van der Waals surface area contributed by atoms with Crippen LogP contribution in [0.25, 0.3) is 0 Å². The van der Waals surface area contributed by atoms with Crippen LogP contribution in [-0.4, -0.2) is 17.4 Å². The normalized spacial score (nSPS) is 21.0. The SMILES string of the molecule is O=C(NCC1(C2CC2)CC1)c1cc(Cl)ccn1. The van der Waals surface area contributed by atoms with E-state index in [0.29, 0.717) is 16.1 Å². The van der Waals surface area contributed by atoms with E-state index in [-0.39, 0.29) is 5.91 Å². The number of nitrogens with one attached hydrogen (secondary N) is 1. The van der Waals surface area contributed by atoms with Gasteiger partial charge in [-0.1, -0.05) is 11.6 Å². The molecule has 0 aliphatic heterocycles. The molecule has 3 rings (SSSR count). The molecule has 0 spiro atoms. The maximum atomic E-state index is 11.9. The van der Waals surface area contributed by atoms with Crippen molar-refractivity contribution in [3.8, 4) is 0 Å².